The summed E-state index contributed by atoms with van der Waals surface area (Å²) in [7, 11) is -2.82. The van der Waals surface area contributed by atoms with E-state index in [2.05, 4.69) is 4.98 Å². The summed E-state index contributed by atoms with van der Waals surface area (Å²) in [4.78, 5) is 43.0. The third kappa shape index (κ3) is 6.29. The maximum atomic E-state index is 13.7. The molecule has 3 aromatic heterocycles. The Hall–Kier alpha value is -5.75. The molecular formula is C36H27F2N3O6S. The van der Waals surface area contributed by atoms with Gasteiger partial charge in [0, 0.05) is 36.0 Å². The molecule has 0 aliphatic heterocycles. The van der Waals surface area contributed by atoms with Crippen LogP contribution in [0.5, 0.6) is 0 Å². The van der Waals surface area contributed by atoms with E-state index in [9.17, 15) is 31.6 Å². The van der Waals surface area contributed by atoms with Crippen molar-refractivity contribution in [3.8, 4) is 11.1 Å². The molecule has 0 atom stereocenters. The van der Waals surface area contributed by atoms with Crippen molar-refractivity contribution in [2.75, 3.05) is 7.11 Å². The number of carbonyl (C=O) groups is 2. The molecule has 0 saturated heterocycles. The summed E-state index contributed by atoms with van der Waals surface area (Å²) in [5, 5.41) is 0.400. The first kappa shape index (κ1) is 32.2. The Labute approximate surface area is 273 Å². The maximum absolute atomic E-state index is 13.7. The van der Waals surface area contributed by atoms with Crippen LogP contribution in [0.15, 0.2) is 119 Å². The smallest absolute Gasteiger partial charge is 0.339 e. The first-order valence-corrected chi connectivity index (χ1v) is 16.2. The number of nitrogens with zero attached hydrogens (tertiary/aromatic N) is 3. The molecule has 0 amide bonds. The van der Waals surface area contributed by atoms with Gasteiger partial charge in [0.1, 0.15) is 0 Å². The molecule has 12 heteroatoms. The molecule has 3 aromatic carbocycles. The number of ketones is 1. The van der Waals surface area contributed by atoms with E-state index in [4.69, 9.17) is 4.74 Å². The van der Waals surface area contributed by atoms with E-state index >= 15 is 0 Å². The number of aryl methyl sites for hydroxylation is 1. The lowest BCUT2D eigenvalue weighted by Crippen LogP contribution is -2.26. The van der Waals surface area contributed by atoms with Crippen molar-refractivity contribution in [1.29, 1.82) is 0 Å². The Balaban J connectivity index is 1.30. The number of Topliss-reactive ketones (excluding diaryl/α,β-unsaturated/α-hetero) is 1. The number of hydrogen-bond donors (Lipinski definition) is 0. The van der Waals surface area contributed by atoms with Crippen molar-refractivity contribution in [2.24, 2.45) is 0 Å². The van der Waals surface area contributed by atoms with Crippen molar-refractivity contribution in [3.05, 3.63) is 154 Å². The molecule has 48 heavy (non-hydrogen) atoms. The van der Waals surface area contributed by atoms with Crippen LogP contribution in [0.1, 0.15) is 38.3 Å². The number of carbonyl (C=O) groups excluding carboxylic acids is 2. The highest BCUT2D eigenvalue weighted by molar-refractivity contribution is 7.90. The summed E-state index contributed by atoms with van der Waals surface area (Å²) in [6.45, 7) is -0.0423. The zero-order valence-corrected chi connectivity index (χ0v) is 26.3. The summed E-state index contributed by atoms with van der Waals surface area (Å²) >= 11 is 0. The fourth-order valence-corrected chi connectivity index (χ4v) is 6.77. The number of aromatic nitrogens is 3. The van der Waals surface area contributed by atoms with E-state index in [0.717, 1.165) is 21.7 Å². The minimum atomic E-state index is -4.06. The first-order valence-electron chi connectivity index (χ1n) is 14.7. The number of methoxy groups -OCH3 is 1. The van der Waals surface area contributed by atoms with Gasteiger partial charge in [-0.1, -0.05) is 48.5 Å². The van der Waals surface area contributed by atoms with Crippen LogP contribution in [0.3, 0.4) is 0 Å². The molecule has 0 aliphatic carbocycles. The van der Waals surface area contributed by atoms with Crippen LogP contribution in [-0.4, -0.2) is 40.8 Å². The summed E-state index contributed by atoms with van der Waals surface area (Å²) in [5.74, 6) is -3.06. The molecule has 0 fully saturated rings. The Morgan fingerprint density at radius 3 is 2.42 bits per heavy atom. The predicted molar refractivity (Wildman–Crippen MR) is 174 cm³/mol. The molecule has 0 spiro atoms. The lowest BCUT2D eigenvalue weighted by atomic mass is 9.99. The van der Waals surface area contributed by atoms with E-state index in [-0.39, 0.29) is 41.1 Å². The van der Waals surface area contributed by atoms with Crippen molar-refractivity contribution >= 4 is 32.8 Å². The summed E-state index contributed by atoms with van der Waals surface area (Å²) in [6.07, 6.45) is 4.43. The molecule has 0 saturated carbocycles. The van der Waals surface area contributed by atoms with Crippen molar-refractivity contribution in [3.63, 3.8) is 0 Å². The van der Waals surface area contributed by atoms with E-state index in [1.54, 1.807) is 48.5 Å². The number of pyridine rings is 2. The van der Waals surface area contributed by atoms with Crippen LogP contribution < -0.4 is 5.56 Å². The van der Waals surface area contributed by atoms with E-state index < -0.39 is 39.0 Å². The van der Waals surface area contributed by atoms with Gasteiger partial charge in [0.05, 0.1) is 29.7 Å². The number of hydrogen-bond acceptors (Lipinski definition) is 7. The number of esters is 1. The minimum absolute atomic E-state index is 0.00786. The topological polar surface area (TPSA) is 117 Å². The Kier molecular flexibility index (Phi) is 8.83. The Morgan fingerprint density at radius 1 is 0.875 bits per heavy atom. The van der Waals surface area contributed by atoms with E-state index in [1.807, 2.05) is 0 Å². The number of benzene rings is 3. The van der Waals surface area contributed by atoms with Crippen LogP contribution >= 0.6 is 0 Å². The monoisotopic (exact) mass is 667 g/mol. The average molecular weight is 668 g/mol. The Bertz CT molecular complexity index is 2370. The van der Waals surface area contributed by atoms with Gasteiger partial charge in [0.25, 0.3) is 15.6 Å². The highest BCUT2D eigenvalue weighted by Gasteiger charge is 2.24. The summed E-state index contributed by atoms with van der Waals surface area (Å²) < 4.78 is 61.5. The molecule has 6 aromatic rings. The zero-order valence-electron chi connectivity index (χ0n) is 25.5. The average Bonchev–Trinajstić information content (AvgIpc) is 3.50. The SMILES string of the molecule is COC(=O)c1cnc2c(c1)c(-c1cccc(CCC(=O)c3cccn(Cc4ccc(F)c(F)c4)c3=O)c1)cn2S(=O)(=O)c1ccccc1. The molecule has 0 radical (unpaired) electrons. The highest BCUT2D eigenvalue weighted by Crippen LogP contribution is 2.33. The third-order valence-electron chi connectivity index (χ3n) is 7.87. The van der Waals surface area contributed by atoms with E-state index in [0.29, 0.717) is 22.1 Å². The van der Waals surface area contributed by atoms with E-state index in [1.165, 1.54) is 60.6 Å². The second kappa shape index (κ2) is 13.2. The molecule has 0 N–H and O–H groups in total. The first-order chi connectivity index (χ1) is 23.1. The molecule has 0 aliphatic rings. The van der Waals surface area contributed by atoms with Crippen molar-refractivity contribution in [1.82, 2.24) is 13.5 Å². The van der Waals surface area contributed by atoms with Gasteiger partial charge in [-0.25, -0.2) is 30.9 Å². The van der Waals surface area contributed by atoms with Crippen LogP contribution in [0.4, 0.5) is 8.78 Å². The molecule has 0 unspecified atom stereocenters. The molecule has 3 heterocycles. The molecule has 9 nitrogen and oxygen atoms in total. The van der Waals surface area contributed by atoms with Crippen molar-refractivity contribution < 1.29 is 31.5 Å². The number of fused-ring (bicyclic) bond motifs is 1. The van der Waals surface area contributed by atoms with Crippen LogP contribution in [-0.2, 0) is 27.7 Å². The number of rotatable bonds is 10. The minimum Gasteiger partial charge on any atom is -0.465 e. The second-order valence-electron chi connectivity index (χ2n) is 11.0. The normalized spacial score (nSPS) is 11.5. The molecule has 6 rings (SSSR count). The van der Waals surface area contributed by atoms with Gasteiger partial charge in [-0.15, -0.1) is 0 Å². The van der Waals surface area contributed by atoms with Crippen LogP contribution in [0.2, 0.25) is 0 Å². The quantitative estimate of drug-likeness (QED) is 0.129. The van der Waals surface area contributed by atoms with Gasteiger partial charge >= 0.3 is 5.97 Å². The fourth-order valence-electron chi connectivity index (χ4n) is 5.42. The second-order valence-corrected chi connectivity index (χ2v) is 12.8. The van der Waals surface area contributed by atoms with Gasteiger partial charge in [-0.05, 0) is 65.6 Å². The highest BCUT2D eigenvalue weighted by atomic mass is 32.2. The molecular weight excluding hydrogens is 640 g/mol. The standard InChI is InChI=1S/C36H27F2N3O6S/c1-47-36(44)26-19-29-30(22-41(34(29)39-20-26)48(45,46)27-9-3-2-4-10-27)25-8-5-7-23(17-25)13-15-33(42)28-11-6-16-40(35(28)43)21-24-12-14-31(37)32(38)18-24/h2-12,14,16-20,22H,13,15,21H2,1H3. The van der Waals surface area contributed by atoms with Crippen LogP contribution in [0, 0.1) is 11.6 Å². The third-order valence-corrected chi connectivity index (χ3v) is 9.53. The van der Waals surface area contributed by atoms with Gasteiger partial charge in [0.2, 0.25) is 0 Å². The molecule has 242 valence electrons. The van der Waals surface area contributed by atoms with Gasteiger partial charge in [-0.2, -0.15) is 0 Å². The predicted octanol–water partition coefficient (Wildman–Crippen LogP) is 6.03. The zero-order chi connectivity index (χ0) is 34.0. The fraction of sp³-hybridized carbons (Fsp3) is 0.111. The van der Waals surface area contributed by atoms with Gasteiger partial charge in [-0.3, -0.25) is 9.59 Å². The number of ether oxygens (including phenoxy) is 1. The molecule has 0 bridgehead atoms. The maximum Gasteiger partial charge on any atom is 0.339 e. The Morgan fingerprint density at radius 2 is 1.67 bits per heavy atom. The lowest BCUT2D eigenvalue weighted by molar-refractivity contribution is 0.0600. The summed E-state index contributed by atoms with van der Waals surface area (Å²) in [5.41, 5.74) is 1.87. The van der Waals surface area contributed by atoms with Gasteiger partial charge in [0.15, 0.2) is 23.1 Å². The van der Waals surface area contributed by atoms with Gasteiger partial charge < -0.3 is 9.30 Å². The largest absolute Gasteiger partial charge is 0.465 e. The van der Waals surface area contributed by atoms with Crippen LogP contribution in [0.25, 0.3) is 22.2 Å². The summed E-state index contributed by atoms with van der Waals surface area (Å²) in [6, 6.07) is 22.9. The van der Waals surface area contributed by atoms with Crippen molar-refractivity contribution in [2.45, 2.75) is 24.3 Å². The lowest BCUT2D eigenvalue weighted by Gasteiger charge is -2.09. The number of halogens is 2.